The number of ether oxygens (including phenoxy) is 2. The van der Waals surface area contributed by atoms with Crippen molar-refractivity contribution in [3.63, 3.8) is 0 Å². The number of rotatable bonds is 4. The van der Waals surface area contributed by atoms with Gasteiger partial charge in [-0.3, -0.25) is 14.4 Å². The summed E-state index contributed by atoms with van der Waals surface area (Å²) >= 11 is 0. The molecule has 0 spiro atoms. The maximum atomic E-state index is 13.9. The van der Waals surface area contributed by atoms with Crippen molar-refractivity contribution in [1.29, 1.82) is 0 Å². The average Bonchev–Trinajstić information content (AvgIpc) is 3.13. The van der Waals surface area contributed by atoms with Gasteiger partial charge in [0.1, 0.15) is 17.2 Å². The average molecular weight is 445 g/mol. The molecule has 3 atom stereocenters. The Morgan fingerprint density at radius 3 is 2.84 bits per heavy atom. The lowest BCUT2D eigenvalue weighted by Gasteiger charge is -2.44. The summed E-state index contributed by atoms with van der Waals surface area (Å²) < 4.78 is 39.8. The van der Waals surface area contributed by atoms with Crippen molar-refractivity contribution in [2.75, 3.05) is 7.11 Å². The van der Waals surface area contributed by atoms with E-state index in [2.05, 4.69) is 5.32 Å². The molecule has 1 saturated heterocycles. The minimum absolute atomic E-state index is 0.0633. The molecule has 8 nitrogen and oxygen atoms in total. The van der Waals surface area contributed by atoms with Crippen molar-refractivity contribution in [2.45, 2.75) is 50.7 Å². The third-order valence-corrected chi connectivity index (χ3v) is 6.34. The quantitative estimate of drug-likeness (QED) is 0.775. The molecule has 1 saturated carbocycles. The van der Waals surface area contributed by atoms with Gasteiger partial charge in [-0.15, -0.1) is 0 Å². The summed E-state index contributed by atoms with van der Waals surface area (Å²) in [5, 5.41) is 2.47. The topological polar surface area (TPSA) is 89.9 Å². The van der Waals surface area contributed by atoms with E-state index in [0.717, 1.165) is 25.3 Å². The summed E-state index contributed by atoms with van der Waals surface area (Å²) in [6, 6.07) is 3.07. The van der Waals surface area contributed by atoms with Gasteiger partial charge in [-0.1, -0.05) is 6.07 Å². The van der Waals surface area contributed by atoms with Gasteiger partial charge in [0.25, 0.3) is 11.8 Å². The zero-order valence-corrected chi connectivity index (χ0v) is 17.3. The van der Waals surface area contributed by atoms with Crippen LogP contribution in [0.2, 0.25) is 0 Å². The van der Waals surface area contributed by atoms with Crippen LogP contribution in [0.5, 0.6) is 5.75 Å². The molecule has 168 valence electrons. The van der Waals surface area contributed by atoms with Gasteiger partial charge in [-0.2, -0.15) is 0 Å². The summed E-state index contributed by atoms with van der Waals surface area (Å²) in [5.41, 5.74) is -0.816. The number of aromatic nitrogens is 1. The predicted octanol–water partition coefficient (Wildman–Crippen LogP) is 1.80. The summed E-state index contributed by atoms with van der Waals surface area (Å²) in [4.78, 5) is 40.7. The minimum atomic E-state index is -0.806. The maximum absolute atomic E-state index is 13.9. The third kappa shape index (κ3) is 3.26. The van der Waals surface area contributed by atoms with Gasteiger partial charge in [-0.05, 0) is 25.3 Å². The largest absolute Gasteiger partial charge is 0.491 e. The molecule has 2 fully saturated rings. The molecule has 2 amide bonds. The molecule has 5 rings (SSSR count). The third-order valence-electron chi connectivity index (χ3n) is 6.34. The number of benzene rings is 1. The van der Waals surface area contributed by atoms with Crippen molar-refractivity contribution >= 4 is 11.8 Å². The van der Waals surface area contributed by atoms with Gasteiger partial charge >= 0.3 is 0 Å². The molecule has 1 aromatic carbocycles. The van der Waals surface area contributed by atoms with Crippen LogP contribution in [0.15, 0.2) is 29.2 Å². The summed E-state index contributed by atoms with van der Waals surface area (Å²) in [6.45, 7) is 0.0217. The Bertz CT molecular complexity index is 1180. The molecule has 1 N–H and O–H groups in total. The predicted molar refractivity (Wildman–Crippen MR) is 107 cm³/mol. The smallest absolute Gasteiger partial charge is 0.276 e. The Labute approximate surface area is 181 Å². The van der Waals surface area contributed by atoms with Crippen molar-refractivity contribution in [1.82, 2.24) is 14.8 Å². The summed E-state index contributed by atoms with van der Waals surface area (Å²) in [7, 11) is 1.27. The Morgan fingerprint density at radius 2 is 2.09 bits per heavy atom. The molecule has 32 heavy (non-hydrogen) atoms. The van der Waals surface area contributed by atoms with E-state index in [1.165, 1.54) is 23.9 Å². The van der Waals surface area contributed by atoms with Gasteiger partial charge in [0, 0.05) is 30.4 Å². The zero-order chi connectivity index (χ0) is 22.6. The molecule has 10 heteroatoms. The van der Waals surface area contributed by atoms with Crippen molar-refractivity contribution in [2.24, 2.45) is 0 Å². The van der Waals surface area contributed by atoms with Crippen molar-refractivity contribution < 1.29 is 27.8 Å². The highest BCUT2D eigenvalue weighted by molar-refractivity contribution is 5.99. The van der Waals surface area contributed by atoms with Crippen molar-refractivity contribution in [3.8, 4) is 5.75 Å². The van der Waals surface area contributed by atoms with Gasteiger partial charge in [0.2, 0.25) is 5.43 Å². The summed E-state index contributed by atoms with van der Waals surface area (Å²) in [5.74, 6) is -2.87. The van der Waals surface area contributed by atoms with Crippen LogP contribution < -0.4 is 15.5 Å². The van der Waals surface area contributed by atoms with Crippen LogP contribution in [0.1, 0.15) is 45.7 Å². The second-order valence-corrected chi connectivity index (χ2v) is 8.22. The number of nitrogens with zero attached hydrogens (tertiary/aromatic N) is 2. The number of methoxy groups -OCH3 is 1. The maximum Gasteiger partial charge on any atom is 0.276 e. The lowest BCUT2D eigenvalue weighted by molar-refractivity contribution is -0.132. The first-order chi connectivity index (χ1) is 15.4. The van der Waals surface area contributed by atoms with E-state index in [-0.39, 0.29) is 53.7 Å². The van der Waals surface area contributed by atoms with Gasteiger partial charge in [0.05, 0.1) is 19.8 Å². The van der Waals surface area contributed by atoms with E-state index < -0.39 is 29.2 Å². The minimum Gasteiger partial charge on any atom is -0.491 e. The van der Waals surface area contributed by atoms with E-state index in [9.17, 15) is 23.2 Å². The number of halogens is 2. The molecular formula is C22H21F2N3O5. The molecular weight excluding hydrogens is 424 g/mol. The highest BCUT2D eigenvalue weighted by atomic mass is 19.1. The Hall–Kier alpha value is -3.27. The van der Waals surface area contributed by atoms with E-state index in [1.807, 2.05) is 0 Å². The first kappa shape index (κ1) is 20.6. The van der Waals surface area contributed by atoms with Gasteiger partial charge in [-0.25, -0.2) is 8.78 Å². The molecule has 1 aromatic heterocycles. The fourth-order valence-corrected chi connectivity index (χ4v) is 4.82. The van der Waals surface area contributed by atoms with Crippen LogP contribution in [0.4, 0.5) is 8.78 Å². The molecule has 2 aromatic rings. The highest BCUT2D eigenvalue weighted by Gasteiger charge is 2.47. The molecule has 1 aliphatic carbocycles. The molecule has 0 radical (unpaired) electrons. The second-order valence-electron chi connectivity index (χ2n) is 8.22. The van der Waals surface area contributed by atoms with Crippen LogP contribution in [0.25, 0.3) is 0 Å². The molecule has 2 aliphatic heterocycles. The molecule has 3 unspecified atom stereocenters. The van der Waals surface area contributed by atoms with Crippen LogP contribution in [-0.2, 0) is 17.8 Å². The van der Waals surface area contributed by atoms with Crippen molar-refractivity contribution in [3.05, 3.63) is 63.1 Å². The highest BCUT2D eigenvalue weighted by Crippen LogP contribution is 2.38. The molecule has 3 heterocycles. The number of carbonyl (C=O) groups excluding carboxylic acids is 2. The number of hydrogen-bond acceptors (Lipinski definition) is 5. The molecule has 2 bridgehead atoms. The SMILES string of the molecule is COc1c2n(cc(C(=O)NCc3ccc(F)cc3F)c1=O)CC1OC3CCC(C3)N1C2=O. The number of nitrogens with one attached hydrogen (secondary N) is 1. The lowest BCUT2D eigenvalue weighted by Crippen LogP contribution is -2.57. The van der Waals surface area contributed by atoms with Gasteiger partial charge < -0.3 is 24.3 Å². The van der Waals surface area contributed by atoms with Crippen LogP contribution in [-0.4, -0.2) is 46.8 Å². The normalized spacial score (nSPS) is 23.5. The second kappa shape index (κ2) is 7.70. The number of pyridine rings is 1. The fraction of sp³-hybridized carbons (Fsp3) is 0.409. The lowest BCUT2D eigenvalue weighted by atomic mass is 10.1. The number of fused-ring (bicyclic) bond motifs is 5. The number of hydrogen-bond donors (Lipinski definition) is 1. The van der Waals surface area contributed by atoms with Crippen LogP contribution >= 0.6 is 0 Å². The van der Waals surface area contributed by atoms with E-state index >= 15 is 0 Å². The van der Waals surface area contributed by atoms with E-state index in [4.69, 9.17) is 9.47 Å². The first-order valence-electron chi connectivity index (χ1n) is 10.4. The summed E-state index contributed by atoms with van der Waals surface area (Å²) in [6.07, 6.45) is 3.44. The van der Waals surface area contributed by atoms with E-state index in [0.29, 0.717) is 6.07 Å². The standard InChI is InChI=1S/C22H21F2N3O5/c1-31-20-18-22(30)27-13-4-5-14(7-13)32-17(27)10-26(18)9-15(19(20)28)21(29)25-8-11-2-3-12(23)6-16(11)24/h2-3,6,9,13-14,17H,4-5,7-8,10H2,1H3,(H,25,29). The zero-order valence-electron chi connectivity index (χ0n) is 17.3. The number of amides is 2. The van der Waals surface area contributed by atoms with Crippen LogP contribution in [0, 0.1) is 11.6 Å². The Morgan fingerprint density at radius 1 is 1.28 bits per heavy atom. The van der Waals surface area contributed by atoms with Crippen LogP contribution in [0.3, 0.4) is 0 Å². The Balaban J connectivity index is 1.46. The Kier molecular flexibility index (Phi) is 4.96. The molecule has 3 aliphatic rings. The monoisotopic (exact) mass is 445 g/mol. The van der Waals surface area contributed by atoms with E-state index in [1.54, 1.807) is 4.90 Å². The fourth-order valence-electron chi connectivity index (χ4n) is 4.82. The first-order valence-corrected chi connectivity index (χ1v) is 10.4. The number of carbonyl (C=O) groups is 2. The van der Waals surface area contributed by atoms with Gasteiger partial charge in [0.15, 0.2) is 17.7 Å².